The lowest BCUT2D eigenvalue weighted by molar-refractivity contribution is -0.134. The highest BCUT2D eigenvalue weighted by atomic mass is 15.6. The van der Waals surface area contributed by atoms with Gasteiger partial charge >= 0.3 is 0 Å². The average molecular weight is 248 g/mol. The van der Waals surface area contributed by atoms with Gasteiger partial charge in [0.1, 0.15) is 0 Å². The van der Waals surface area contributed by atoms with E-state index in [1.165, 1.54) is 0 Å². The molecule has 0 aromatic heterocycles. The first-order valence-electron chi connectivity index (χ1n) is 6.58. The van der Waals surface area contributed by atoms with E-state index in [1.807, 2.05) is 6.19 Å². The van der Waals surface area contributed by atoms with Crippen molar-refractivity contribution >= 4 is 0 Å². The summed E-state index contributed by atoms with van der Waals surface area (Å²) >= 11 is 0. The van der Waals surface area contributed by atoms with Crippen LogP contribution in [0, 0.1) is 22.9 Å². The Morgan fingerprint density at radius 2 is 2.00 bits per heavy atom. The molecule has 2 bridgehead atoms. The molecular formula is C12H20N6. The van der Waals surface area contributed by atoms with Crippen LogP contribution >= 0.6 is 0 Å². The van der Waals surface area contributed by atoms with Gasteiger partial charge in [0.15, 0.2) is 18.2 Å². The molecule has 98 valence electrons. The van der Waals surface area contributed by atoms with E-state index in [2.05, 4.69) is 28.2 Å². The molecule has 3 heterocycles. The van der Waals surface area contributed by atoms with Gasteiger partial charge in [-0.3, -0.25) is 20.0 Å². The molecule has 0 aromatic carbocycles. The second-order valence-corrected chi connectivity index (χ2v) is 4.92. The highest BCUT2D eigenvalue weighted by Gasteiger charge is 2.49. The van der Waals surface area contributed by atoms with Crippen molar-refractivity contribution in [3.05, 3.63) is 0 Å². The molecule has 0 spiro atoms. The van der Waals surface area contributed by atoms with E-state index >= 15 is 0 Å². The molecule has 18 heavy (non-hydrogen) atoms. The summed E-state index contributed by atoms with van der Waals surface area (Å²) in [6.45, 7) is 7.42. The zero-order valence-electron chi connectivity index (χ0n) is 10.9. The largest absolute Gasteiger partial charge is 0.295 e. The minimum Gasteiger partial charge on any atom is -0.295 e. The van der Waals surface area contributed by atoms with Gasteiger partial charge in [-0.2, -0.15) is 10.5 Å². The predicted octanol–water partition coefficient (Wildman–Crippen LogP) is -0.0747. The fourth-order valence-corrected chi connectivity index (χ4v) is 2.85. The van der Waals surface area contributed by atoms with Gasteiger partial charge in [0.25, 0.3) is 0 Å². The van der Waals surface area contributed by atoms with Gasteiger partial charge in [0, 0.05) is 32.7 Å². The maximum Gasteiger partial charge on any atom is 0.199 e. The van der Waals surface area contributed by atoms with Gasteiger partial charge in [0.05, 0.1) is 6.54 Å². The first kappa shape index (κ1) is 12.9. The Morgan fingerprint density at radius 1 is 1.28 bits per heavy atom. The summed E-state index contributed by atoms with van der Waals surface area (Å²) in [5.41, 5.74) is 0. The molecule has 0 aliphatic carbocycles. The summed E-state index contributed by atoms with van der Waals surface area (Å²) in [6.07, 6.45) is 6.33. The molecule has 3 rings (SSSR count). The smallest absolute Gasteiger partial charge is 0.199 e. The molecule has 0 amide bonds. The number of nitrogens with zero attached hydrogens (tertiary/aromatic N) is 5. The van der Waals surface area contributed by atoms with Crippen LogP contribution in [0.15, 0.2) is 0 Å². The molecule has 6 heteroatoms. The Bertz CT molecular complexity index is 362. The van der Waals surface area contributed by atoms with Crippen LogP contribution in [0.2, 0.25) is 0 Å². The summed E-state index contributed by atoms with van der Waals surface area (Å²) in [6, 6.07) is 0. The molecule has 0 aromatic rings. The predicted molar refractivity (Wildman–Crippen MR) is 66.7 cm³/mol. The van der Waals surface area contributed by atoms with Crippen molar-refractivity contribution in [3.8, 4) is 12.4 Å². The standard InChI is InChI=1S/C12H20N6/c1-2-3-4-18(11-14)12(15-10-13)9-16-5-7-17(12)8-6-16/h15H,2-9H2,1H3. The van der Waals surface area contributed by atoms with E-state index in [9.17, 15) is 5.26 Å². The number of nitrogens with one attached hydrogen (secondary N) is 1. The molecule has 0 saturated carbocycles. The Morgan fingerprint density at radius 3 is 2.44 bits per heavy atom. The fraction of sp³-hybridized carbons (Fsp3) is 0.833. The number of unbranched alkanes of at least 4 members (excludes halogenated alkanes) is 1. The Balaban J connectivity index is 2.20. The van der Waals surface area contributed by atoms with E-state index in [4.69, 9.17) is 5.26 Å². The highest BCUT2D eigenvalue weighted by Crippen LogP contribution is 2.27. The minimum atomic E-state index is -0.616. The van der Waals surface area contributed by atoms with Crippen LogP contribution in [0.3, 0.4) is 0 Å². The van der Waals surface area contributed by atoms with Crippen LogP contribution in [-0.4, -0.2) is 59.8 Å². The quantitative estimate of drug-likeness (QED) is 0.417. The van der Waals surface area contributed by atoms with Crippen LogP contribution in [0.4, 0.5) is 0 Å². The lowest BCUT2D eigenvalue weighted by Gasteiger charge is -2.57. The van der Waals surface area contributed by atoms with Crippen molar-refractivity contribution < 1.29 is 0 Å². The second kappa shape index (κ2) is 5.43. The minimum absolute atomic E-state index is 0.616. The summed E-state index contributed by atoms with van der Waals surface area (Å²) in [5, 5.41) is 21.3. The van der Waals surface area contributed by atoms with E-state index < -0.39 is 5.79 Å². The number of nitriles is 2. The van der Waals surface area contributed by atoms with Crippen LogP contribution in [0.1, 0.15) is 19.8 Å². The fourth-order valence-electron chi connectivity index (χ4n) is 2.85. The van der Waals surface area contributed by atoms with Gasteiger partial charge in [-0.05, 0) is 6.42 Å². The molecule has 1 N–H and O–H groups in total. The molecule has 0 radical (unpaired) electrons. The van der Waals surface area contributed by atoms with Crippen molar-refractivity contribution in [2.45, 2.75) is 25.6 Å². The van der Waals surface area contributed by atoms with Gasteiger partial charge in [-0.1, -0.05) is 13.3 Å². The third kappa shape index (κ3) is 2.10. The van der Waals surface area contributed by atoms with E-state index in [0.29, 0.717) is 6.54 Å². The van der Waals surface area contributed by atoms with Crippen LogP contribution in [-0.2, 0) is 0 Å². The zero-order chi connectivity index (χ0) is 13.0. The SMILES string of the molecule is CCCCN(C#N)C1(NC#N)CN2CCN1CC2. The molecule has 1 atom stereocenters. The first-order chi connectivity index (χ1) is 8.76. The maximum absolute atomic E-state index is 9.41. The lowest BCUT2D eigenvalue weighted by Crippen LogP contribution is -2.78. The molecule has 3 saturated heterocycles. The highest BCUT2D eigenvalue weighted by molar-refractivity contribution is 5.05. The molecule has 3 aliphatic heterocycles. The monoisotopic (exact) mass is 248 g/mol. The third-order valence-electron chi connectivity index (χ3n) is 3.90. The molecule has 6 nitrogen and oxygen atoms in total. The van der Waals surface area contributed by atoms with Crippen molar-refractivity contribution in [3.63, 3.8) is 0 Å². The lowest BCUT2D eigenvalue weighted by atomic mass is 10.1. The summed E-state index contributed by atoms with van der Waals surface area (Å²) < 4.78 is 0. The summed E-state index contributed by atoms with van der Waals surface area (Å²) in [5.74, 6) is -0.616. The average Bonchev–Trinajstić information content (AvgIpc) is 2.41. The van der Waals surface area contributed by atoms with Crippen molar-refractivity contribution in [1.82, 2.24) is 20.0 Å². The Labute approximate surface area is 108 Å². The Hall–Kier alpha value is -1.50. The molecule has 1 unspecified atom stereocenters. The van der Waals surface area contributed by atoms with Crippen molar-refractivity contribution in [2.24, 2.45) is 0 Å². The zero-order valence-corrected chi connectivity index (χ0v) is 10.9. The van der Waals surface area contributed by atoms with E-state index in [0.717, 1.165) is 45.6 Å². The second-order valence-electron chi connectivity index (χ2n) is 4.92. The van der Waals surface area contributed by atoms with Crippen molar-refractivity contribution in [2.75, 3.05) is 39.3 Å². The molecule has 3 fully saturated rings. The van der Waals surface area contributed by atoms with Gasteiger partial charge in [-0.25, -0.2) is 0 Å². The number of rotatable bonds is 5. The number of fused-ring (bicyclic) bond motifs is 3. The summed E-state index contributed by atoms with van der Waals surface area (Å²) in [4.78, 5) is 6.29. The van der Waals surface area contributed by atoms with Crippen molar-refractivity contribution in [1.29, 1.82) is 10.5 Å². The number of hydrogen-bond donors (Lipinski definition) is 1. The first-order valence-corrected chi connectivity index (χ1v) is 6.58. The molecular weight excluding hydrogens is 228 g/mol. The number of piperazine rings is 3. The van der Waals surface area contributed by atoms with Crippen LogP contribution < -0.4 is 5.32 Å². The van der Waals surface area contributed by atoms with Gasteiger partial charge < -0.3 is 0 Å². The topological polar surface area (TPSA) is 69.3 Å². The normalized spacial score (nSPS) is 33.5. The maximum atomic E-state index is 9.41. The van der Waals surface area contributed by atoms with Crippen LogP contribution in [0.5, 0.6) is 0 Å². The Kier molecular flexibility index (Phi) is 3.90. The van der Waals surface area contributed by atoms with E-state index in [-0.39, 0.29) is 0 Å². The van der Waals surface area contributed by atoms with E-state index in [1.54, 1.807) is 4.90 Å². The summed E-state index contributed by atoms with van der Waals surface area (Å²) in [7, 11) is 0. The molecule has 3 aliphatic rings. The van der Waals surface area contributed by atoms with Gasteiger partial charge in [-0.15, -0.1) is 0 Å². The number of hydrogen-bond acceptors (Lipinski definition) is 6. The van der Waals surface area contributed by atoms with Crippen LogP contribution in [0.25, 0.3) is 0 Å². The van der Waals surface area contributed by atoms with Gasteiger partial charge in [0.2, 0.25) is 0 Å². The third-order valence-corrected chi connectivity index (χ3v) is 3.90.